The number of amides is 2. The Morgan fingerprint density at radius 1 is 0.879 bits per heavy atom. The Balaban J connectivity index is 1.64. The first kappa shape index (κ1) is 23.7. The number of carbonyl (C=O) groups is 3. The summed E-state index contributed by atoms with van der Waals surface area (Å²) in [5, 5.41) is 15.3. The Hall–Kier alpha value is -3.93. The van der Waals surface area contributed by atoms with Crippen LogP contribution in [0.15, 0.2) is 84.9 Å². The Morgan fingerprint density at radius 3 is 2.18 bits per heavy atom. The molecule has 33 heavy (non-hydrogen) atoms. The van der Waals surface area contributed by atoms with Crippen LogP contribution in [-0.4, -0.2) is 29.4 Å². The molecule has 0 aliphatic carbocycles. The lowest BCUT2D eigenvalue weighted by molar-refractivity contribution is -0.141. The number of hydrogen-bond acceptors (Lipinski definition) is 3. The molecule has 6 nitrogen and oxygen atoms in total. The Labute approximate surface area is 193 Å². The Kier molecular flexibility index (Phi) is 8.36. The number of carboxylic acid groups (broad SMARTS) is 1. The topological polar surface area (TPSA) is 95.5 Å². The molecule has 0 aliphatic rings. The number of nitrogens with one attached hydrogen (secondary N) is 2. The fourth-order valence-electron chi connectivity index (χ4n) is 3.63. The van der Waals surface area contributed by atoms with Crippen LogP contribution in [0, 0.1) is 12.8 Å². The number of hydrogen-bond donors (Lipinski definition) is 3. The quantitative estimate of drug-likeness (QED) is 0.442. The minimum Gasteiger partial charge on any atom is -0.481 e. The van der Waals surface area contributed by atoms with Gasteiger partial charge in [0.2, 0.25) is 5.91 Å². The van der Waals surface area contributed by atoms with Crippen molar-refractivity contribution in [2.75, 3.05) is 6.54 Å². The van der Waals surface area contributed by atoms with Gasteiger partial charge < -0.3 is 15.7 Å². The third-order valence-electron chi connectivity index (χ3n) is 5.39. The molecule has 3 aromatic carbocycles. The van der Waals surface area contributed by atoms with Crippen molar-refractivity contribution in [3.63, 3.8) is 0 Å². The van der Waals surface area contributed by atoms with Gasteiger partial charge in [0.1, 0.15) is 0 Å². The van der Waals surface area contributed by atoms with E-state index in [1.165, 1.54) is 0 Å². The fourth-order valence-corrected chi connectivity index (χ4v) is 3.63. The highest BCUT2D eigenvalue weighted by Crippen LogP contribution is 2.18. The molecule has 0 aromatic heterocycles. The highest BCUT2D eigenvalue weighted by Gasteiger charge is 2.22. The lowest BCUT2D eigenvalue weighted by Gasteiger charge is -2.20. The number of benzene rings is 3. The van der Waals surface area contributed by atoms with Crippen LogP contribution >= 0.6 is 0 Å². The molecule has 170 valence electrons. The zero-order chi connectivity index (χ0) is 23.6. The van der Waals surface area contributed by atoms with Gasteiger partial charge in [0, 0.05) is 12.1 Å². The molecule has 2 atom stereocenters. The van der Waals surface area contributed by atoms with Gasteiger partial charge in [-0.05, 0) is 36.6 Å². The van der Waals surface area contributed by atoms with Gasteiger partial charge in [-0.2, -0.15) is 0 Å². The summed E-state index contributed by atoms with van der Waals surface area (Å²) in [5.41, 5.74) is 3.27. The average Bonchev–Trinajstić information content (AvgIpc) is 2.82. The van der Waals surface area contributed by atoms with E-state index in [2.05, 4.69) is 10.6 Å². The zero-order valence-corrected chi connectivity index (χ0v) is 18.5. The van der Waals surface area contributed by atoms with Crippen molar-refractivity contribution in [1.82, 2.24) is 10.6 Å². The molecule has 2 amide bonds. The van der Waals surface area contributed by atoms with E-state index in [1.54, 1.807) is 24.3 Å². The summed E-state index contributed by atoms with van der Waals surface area (Å²) in [5.74, 6) is -2.31. The molecule has 3 rings (SSSR count). The van der Waals surface area contributed by atoms with Crippen LogP contribution in [0.1, 0.15) is 39.5 Å². The van der Waals surface area contributed by atoms with E-state index >= 15 is 0 Å². The zero-order valence-electron chi connectivity index (χ0n) is 18.5. The maximum absolute atomic E-state index is 12.7. The summed E-state index contributed by atoms with van der Waals surface area (Å²) in [6, 6.07) is 25.2. The molecule has 0 saturated carbocycles. The maximum atomic E-state index is 12.7. The molecule has 0 saturated heterocycles. The van der Waals surface area contributed by atoms with Gasteiger partial charge in [-0.25, -0.2) is 0 Å². The number of rotatable bonds is 10. The SMILES string of the molecule is Cc1cccc(CC(CNC(=O)CC(NC(=O)c2ccccc2)c2ccccc2)C(=O)O)c1. The first-order valence-corrected chi connectivity index (χ1v) is 10.9. The van der Waals surface area contributed by atoms with Gasteiger partial charge >= 0.3 is 5.97 Å². The van der Waals surface area contributed by atoms with Crippen molar-refractivity contribution in [2.45, 2.75) is 25.8 Å². The van der Waals surface area contributed by atoms with Gasteiger partial charge in [0.25, 0.3) is 5.91 Å². The molecule has 2 unspecified atom stereocenters. The van der Waals surface area contributed by atoms with E-state index in [0.717, 1.165) is 16.7 Å². The molecule has 0 spiro atoms. The summed E-state index contributed by atoms with van der Waals surface area (Å²) < 4.78 is 0. The minimum absolute atomic E-state index is 0.000624. The third kappa shape index (κ3) is 7.31. The van der Waals surface area contributed by atoms with E-state index in [9.17, 15) is 19.5 Å². The standard InChI is InChI=1S/C27H28N2O4/c1-19-9-8-10-20(15-19)16-23(27(32)33)18-28-25(30)17-24(21-11-4-2-5-12-21)29-26(31)22-13-6-3-7-14-22/h2-15,23-24H,16-18H2,1H3,(H,28,30)(H,29,31)(H,32,33). The van der Waals surface area contributed by atoms with Crippen LogP contribution in [-0.2, 0) is 16.0 Å². The molecule has 0 aliphatic heterocycles. The van der Waals surface area contributed by atoms with Crippen LogP contribution < -0.4 is 10.6 Å². The highest BCUT2D eigenvalue weighted by molar-refractivity contribution is 5.94. The Morgan fingerprint density at radius 2 is 1.55 bits per heavy atom. The van der Waals surface area contributed by atoms with E-state index in [-0.39, 0.29) is 24.8 Å². The molecule has 6 heteroatoms. The number of carbonyl (C=O) groups excluding carboxylic acids is 2. The van der Waals surface area contributed by atoms with Crippen LogP contribution in [0.5, 0.6) is 0 Å². The first-order chi connectivity index (χ1) is 15.9. The van der Waals surface area contributed by atoms with Crippen molar-refractivity contribution >= 4 is 17.8 Å². The monoisotopic (exact) mass is 444 g/mol. The molecule has 0 heterocycles. The van der Waals surface area contributed by atoms with E-state index in [4.69, 9.17) is 0 Å². The summed E-state index contributed by atoms with van der Waals surface area (Å²) in [6.07, 6.45) is 0.323. The summed E-state index contributed by atoms with van der Waals surface area (Å²) in [6.45, 7) is 1.96. The molecule has 0 fully saturated rings. The fraction of sp³-hybridized carbons (Fsp3) is 0.222. The molecule has 0 radical (unpaired) electrons. The van der Waals surface area contributed by atoms with Crippen molar-refractivity contribution in [3.05, 3.63) is 107 Å². The van der Waals surface area contributed by atoms with Crippen LogP contribution in [0.4, 0.5) is 0 Å². The molecule has 3 aromatic rings. The van der Waals surface area contributed by atoms with E-state index in [0.29, 0.717) is 12.0 Å². The summed E-state index contributed by atoms with van der Waals surface area (Å²) >= 11 is 0. The third-order valence-corrected chi connectivity index (χ3v) is 5.39. The lowest BCUT2D eigenvalue weighted by Crippen LogP contribution is -2.37. The normalized spacial score (nSPS) is 12.4. The molecule has 0 bridgehead atoms. The highest BCUT2D eigenvalue weighted by atomic mass is 16.4. The predicted molar refractivity (Wildman–Crippen MR) is 127 cm³/mol. The maximum Gasteiger partial charge on any atom is 0.308 e. The van der Waals surface area contributed by atoms with E-state index in [1.807, 2.05) is 67.6 Å². The number of aliphatic carboxylic acids is 1. The molecule has 3 N–H and O–H groups in total. The van der Waals surface area contributed by atoms with Crippen LogP contribution in [0.2, 0.25) is 0 Å². The summed E-state index contributed by atoms with van der Waals surface area (Å²) in [7, 11) is 0. The smallest absolute Gasteiger partial charge is 0.308 e. The molecular formula is C27H28N2O4. The van der Waals surface area contributed by atoms with Gasteiger partial charge in [0.15, 0.2) is 0 Å². The summed E-state index contributed by atoms with van der Waals surface area (Å²) in [4.78, 5) is 37.1. The predicted octanol–water partition coefficient (Wildman–Crippen LogP) is 3.92. The number of carboxylic acids is 1. The average molecular weight is 445 g/mol. The van der Waals surface area contributed by atoms with Crippen LogP contribution in [0.3, 0.4) is 0 Å². The minimum atomic E-state index is -0.964. The lowest BCUT2D eigenvalue weighted by atomic mass is 9.98. The second-order valence-corrected chi connectivity index (χ2v) is 8.04. The second kappa shape index (κ2) is 11.6. The van der Waals surface area contributed by atoms with Crippen molar-refractivity contribution < 1.29 is 19.5 Å². The second-order valence-electron chi connectivity index (χ2n) is 8.04. The number of aryl methyl sites for hydroxylation is 1. The van der Waals surface area contributed by atoms with Crippen molar-refractivity contribution in [1.29, 1.82) is 0 Å². The Bertz CT molecular complexity index is 1080. The van der Waals surface area contributed by atoms with Gasteiger partial charge in [-0.1, -0.05) is 78.4 Å². The van der Waals surface area contributed by atoms with Gasteiger partial charge in [-0.3, -0.25) is 14.4 Å². The first-order valence-electron chi connectivity index (χ1n) is 10.9. The largest absolute Gasteiger partial charge is 0.481 e. The van der Waals surface area contributed by atoms with Gasteiger partial charge in [0.05, 0.1) is 18.4 Å². The van der Waals surface area contributed by atoms with Gasteiger partial charge in [-0.15, -0.1) is 0 Å². The van der Waals surface area contributed by atoms with Crippen molar-refractivity contribution in [2.24, 2.45) is 5.92 Å². The van der Waals surface area contributed by atoms with Crippen molar-refractivity contribution in [3.8, 4) is 0 Å². The van der Waals surface area contributed by atoms with Crippen LogP contribution in [0.25, 0.3) is 0 Å². The van der Waals surface area contributed by atoms with E-state index < -0.39 is 17.9 Å². The molecular weight excluding hydrogens is 416 g/mol.